The Morgan fingerprint density at radius 3 is 2.46 bits per heavy atom. The van der Waals surface area contributed by atoms with Gasteiger partial charge in [0.2, 0.25) is 0 Å². The first-order valence-corrected chi connectivity index (χ1v) is 10.2. The van der Waals surface area contributed by atoms with Gasteiger partial charge in [0.1, 0.15) is 5.01 Å². The molecule has 24 heavy (non-hydrogen) atoms. The molecule has 0 atom stereocenters. The number of hydrogen-bond acceptors (Lipinski definition) is 2. The van der Waals surface area contributed by atoms with Crippen LogP contribution in [-0.2, 0) is 12.8 Å². The molecule has 0 bridgehead atoms. The van der Waals surface area contributed by atoms with E-state index in [2.05, 4.69) is 86.0 Å². The van der Waals surface area contributed by atoms with Crippen molar-refractivity contribution in [2.45, 2.75) is 40.5 Å². The van der Waals surface area contributed by atoms with Crippen LogP contribution in [-0.4, -0.2) is 4.98 Å². The van der Waals surface area contributed by atoms with Crippen molar-refractivity contribution >= 4 is 33.9 Å². The molecule has 3 aromatic rings. The first-order valence-electron chi connectivity index (χ1n) is 8.28. The summed E-state index contributed by atoms with van der Waals surface area (Å²) < 4.78 is 1.35. The summed E-state index contributed by atoms with van der Waals surface area (Å²) >= 11 is 4.17. The summed E-state index contributed by atoms with van der Waals surface area (Å²) in [4.78, 5) is 4.89. The summed E-state index contributed by atoms with van der Waals surface area (Å²) in [7, 11) is 0. The molecule has 0 aliphatic carbocycles. The lowest BCUT2D eigenvalue weighted by Crippen LogP contribution is -1.98. The van der Waals surface area contributed by atoms with Gasteiger partial charge in [-0.15, -0.1) is 11.3 Å². The Kier molecular flexibility index (Phi) is 5.40. The quantitative estimate of drug-likeness (QED) is 0.417. The number of aryl methyl sites for hydroxylation is 4. The standard InChI is InChI=1S/C21H22INS/c1-5-16-11-20(22)15(4)9-18(16)10-19-12-24-21(23-19)17-7-6-13(2)14(3)8-17/h6-9,11-12H,5,10H2,1-4H3. The Balaban J connectivity index is 1.89. The lowest BCUT2D eigenvalue weighted by molar-refractivity contribution is 1.03. The lowest BCUT2D eigenvalue weighted by Gasteiger charge is -2.10. The number of benzene rings is 2. The minimum Gasteiger partial charge on any atom is -0.241 e. The maximum absolute atomic E-state index is 4.89. The monoisotopic (exact) mass is 447 g/mol. The third kappa shape index (κ3) is 3.72. The van der Waals surface area contributed by atoms with E-state index in [1.54, 1.807) is 11.3 Å². The average molecular weight is 447 g/mol. The SMILES string of the molecule is CCc1cc(I)c(C)cc1Cc1csc(-c2ccc(C)c(C)c2)n1. The summed E-state index contributed by atoms with van der Waals surface area (Å²) in [5.74, 6) is 0. The highest BCUT2D eigenvalue weighted by Crippen LogP contribution is 2.28. The number of halogens is 1. The van der Waals surface area contributed by atoms with Crippen molar-refractivity contribution < 1.29 is 0 Å². The van der Waals surface area contributed by atoms with Crippen LogP contribution in [0, 0.1) is 24.3 Å². The average Bonchev–Trinajstić information content (AvgIpc) is 3.02. The van der Waals surface area contributed by atoms with Crippen LogP contribution in [0.1, 0.15) is 40.4 Å². The zero-order valence-corrected chi connectivity index (χ0v) is 17.6. The minimum absolute atomic E-state index is 0.919. The Bertz CT molecular complexity index is 880. The zero-order valence-electron chi connectivity index (χ0n) is 14.6. The molecule has 0 spiro atoms. The van der Waals surface area contributed by atoms with Gasteiger partial charge in [-0.1, -0.05) is 25.1 Å². The van der Waals surface area contributed by atoms with E-state index in [4.69, 9.17) is 4.98 Å². The van der Waals surface area contributed by atoms with Crippen LogP contribution in [0.5, 0.6) is 0 Å². The molecule has 0 amide bonds. The topological polar surface area (TPSA) is 12.9 Å². The predicted octanol–water partition coefficient (Wildman–Crippen LogP) is 6.49. The number of thiazole rings is 1. The molecule has 124 valence electrons. The molecule has 0 fully saturated rings. The van der Waals surface area contributed by atoms with Crippen molar-refractivity contribution in [2.75, 3.05) is 0 Å². The van der Waals surface area contributed by atoms with Gasteiger partial charge in [0.05, 0.1) is 5.69 Å². The van der Waals surface area contributed by atoms with E-state index < -0.39 is 0 Å². The molecule has 0 radical (unpaired) electrons. The molecule has 2 aromatic carbocycles. The number of rotatable bonds is 4. The molecule has 3 heteroatoms. The maximum Gasteiger partial charge on any atom is 0.123 e. The third-order valence-electron chi connectivity index (χ3n) is 4.54. The maximum atomic E-state index is 4.89. The first-order chi connectivity index (χ1) is 11.5. The largest absolute Gasteiger partial charge is 0.241 e. The molecule has 0 aliphatic heterocycles. The van der Waals surface area contributed by atoms with Crippen molar-refractivity contribution in [1.29, 1.82) is 0 Å². The van der Waals surface area contributed by atoms with Crippen LogP contribution in [0.2, 0.25) is 0 Å². The fourth-order valence-corrected chi connectivity index (χ4v) is 4.21. The van der Waals surface area contributed by atoms with Crippen LogP contribution in [0.3, 0.4) is 0 Å². The molecule has 0 unspecified atom stereocenters. The Morgan fingerprint density at radius 2 is 1.75 bits per heavy atom. The van der Waals surface area contributed by atoms with E-state index >= 15 is 0 Å². The van der Waals surface area contributed by atoms with Gasteiger partial charge in [-0.25, -0.2) is 4.98 Å². The van der Waals surface area contributed by atoms with Crippen LogP contribution >= 0.6 is 33.9 Å². The van der Waals surface area contributed by atoms with E-state index in [-0.39, 0.29) is 0 Å². The van der Waals surface area contributed by atoms with Crippen LogP contribution in [0.25, 0.3) is 10.6 Å². The van der Waals surface area contributed by atoms with E-state index in [1.165, 1.54) is 42.6 Å². The summed E-state index contributed by atoms with van der Waals surface area (Å²) in [6, 6.07) is 11.3. The highest BCUT2D eigenvalue weighted by Gasteiger charge is 2.10. The van der Waals surface area contributed by atoms with Crippen molar-refractivity contribution in [3.63, 3.8) is 0 Å². The minimum atomic E-state index is 0.919. The molecule has 1 nitrogen and oxygen atoms in total. The van der Waals surface area contributed by atoms with Gasteiger partial charge < -0.3 is 0 Å². The highest BCUT2D eigenvalue weighted by atomic mass is 127. The Morgan fingerprint density at radius 1 is 0.958 bits per heavy atom. The first kappa shape index (κ1) is 17.6. The normalized spacial score (nSPS) is 11.0. The summed E-state index contributed by atoms with van der Waals surface area (Å²) in [6.45, 7) is 8.73. The van der Waals surface area contributed by atoms with Crippen molar-refractivity contribution in [1.82, 2.24) is 4.98 Å². The summed E-state index contributed by atoms with van der Waals surface area (Å²) in [5.41, 5.74) is 9.25. The van der Waals surface area contributed by atoms with Crippen molar-refractivity contribution in [3.8, 4) is 10.6 Å². The third-order valence-corrected chi connectivity index (χ3v) is 6.64. The van der Waals surface area contributed by atoms with Crippen molar-refractivity contribution in [2.24, 2.45) is 0 Å². The van der Waals surface area contributed by atoms with Crippen LogP contribution in [0.4, 0.5) is 0 Å². The molecular weight excluding hydrogens is 425 g/mol. The summed E-state index contributed by atoms with van der Waals surface area (Å²) in [6.07, 6.45) is 1.99. The van der Waals surface area contributed by atoms with Gasteiger partial charge in [0.15, 0.2) is 0 Å². The molecule has 0 aliphatic rings. The van der Waals surface area contributed by atoms with Crippen molar-refractivity contribution in [3.05, 3.63) is 72.8 Å². The van der Waals surface area contributed by atoms with Gasteiger partial charge >= 0.3 is 0 Å². The fourth-order valence-electron chi connectivity index (χ4n) is 2.87. The van der Waals surface area contributed by atoms with Gasteiger partial charge in [0.25, 0.3) is 0 Å². The molecule has 3 rings (SSSR count). The van der Waals surface area contributed by atoms with Gasteiger partial charge in [-0.05, 0) is 89.7 Å². The molecular formula is C21H22INS. The molecule has 1 heterocycles. The van der Waals surface area contributed by atoms with Gasteiger partial charge in [-0.2, -0.15) is 0 Å². The zero-order chi connectivity index (χ0) is 17.3. The second-order valence-electron chi connectivity index (χ2n) is 6.34. The van der Waals surface area contributed by atoms with E-state index in [9.17, 15) is 0 Å². The Hall–Kier alpha value is -1.20. The molecule has 0 N–H and O–H groups in total. The van der Waals surface area contributed by atoms with E-state index in [1.807, 2.05) is 0 Å². The highest BCUT2D eigenvalue weighted by molar-refractivity contribution is 14.1. The van der Waals surface area contributed by atoms with E-state index in [0.29, 0.717) is 0 Å². The number of nitrogens with zero attached hydrogens (tertiary/aromatic N) is 1. The number of hydrogen-bond donors (Lipinski definition) is 0. The smallest absolute Gasteiger partial charge is 0.123 e. The van der Waals surface area contributed by atoms with E-state index in [0.717, 1.165) is 17.8 Å². The molecule has 1 aromatic heterocycles. The number of aromatic nitrogens is 1. The van der Waals surface area contributed by atoms with Gasteiger partial charge in [0, 0.05) is 20.9 Å². The van der Waals surface area contributed by atoms with Gasteiger partial charge in [-0.3, -0.25) is 0 Å². The fraction of sp³-hybridized carbons (Fsp3) is 0.286. The van der Waals surface area contributed by atoms with Crippen LogP contribution < -0.4 is 0 Å². The Labute approximate surface area is 162 Å². The summed E-state index contributed by atoms with van der Waals surface area (Å²) in [5, 5.41) is 3.32. The predicted molar refractivity (Wildman–Crippen MR) is 113 cm³/mol. The molecule has 0 saturated carbocycles. The van der Waals surface area contributed by atoms with Crippen LogP contribution in [0.15, 0.2) is 35.7 Å². The second-order valence-corrected chi connectivity index (χ2v) is 8.36. The second kappa shape index (κ2) is 7.36. The lowest BCUT2D eigenvalue weighted by atomic mass is 9.99. The molecule has 0 saturated heterocycles.